The Hall–Kier alpha value is -4.37. The van der Waals surface area contributed by atoms with Crippen molar-refractivity contribution in [3.63, 3.8) is 0 Å². The minimum atomic E-state index is -0.451. The van der Waals surface area contributed by atoms with E-state index in [2.05, 4.69) is 136 Å². The van der Waals surface area contributed by atoms with Crippen LogP contribution >= 0.6 is 0 Å². The molecule has 1 aliphatic carbocycles. The number of benzene rings is 4. The summed E-state index contributed by atoms with van der Waals surface area (Å²) < 4.78 is 21.7. The lowest BCUT2D eigenvalue weighted by molar-refractivity contribution is -0.748. The van der Waals surface area contributed by atoms with Gasteiger partial charge in [-0.2, -0.15) is 9.13 Å². The molecule has 4 heterocycles. The minimum absolute atomic E-state index is 0.0775. The van der Waals surface area contributed by atoms with Gasteiger partial charge in [-0.05, 0) is 83.8 Å². The third kappa shape index (κ3) is 4.05. The molecular weight excluding hydrogens is 600 g/mol. The van der Waals surface area contributed by atoms with Crippen LogP contribution in [0.5, 0.6) is 0 Å². The van der Waals surface area contributed by atoms with E-state index >= 15 is 4.39 Å². The number of unbranched alkanes of at least 4 members (excludes halogenated alkanes) is 1. The van der Waals surface area contributed by atoms with E-state index in [1.807, 2.05) is 0 Å². The van der Waals surface area contributed by atoms with Crippen LogP contribution in [0.25, 0.3) is 44.1 Å². The fourth-order valence-corrected chi connectivity index (χ4v) is 10.5. The lowest BCUT2D eigenvalue weighted by Crippen LogP contribution is -2.61. The molecule has 9 rings (SSSR count). The molecule has 0 spiro atoms. The average Bonchev–Trinajstić information content (AvgIpc) is 3.11. The summed E-state index contributed by atoms with van der Waals surface area (Å²) in [6.07, 6.45) is 10.0. The van der Waals surface area contributed by atoms with Crippen LogP contribution < -0.4 is 9.13 Å². The Morgan fingerprint density at radius 1 is 0.816 bits per heavy atom. The van der Waals surface area contributed by atoms with Gasteiger partial charge in [-0.3, -0.25) is 0 Å². The first-order valence-electron chi connectivity index (χ1n) is 18.6. The number of rotatable bonds is 6. The molecular formula is C46H47FN2+2. The highest BCUT2D eigenvalue weighted by Gasteiger charge is 2.59. The Morgan fingerprint density at radius 3 is 2.41 bits per heavy atom. The molecule has 246 valence electrons. The number of nitrogens with zero attached hydrogens (tertiary/aromatic N) is 2. The van der Waals surface area contributed by atoms with Gasteiger partial charge in [0.15, 0.2) is 25.0 Å². The standard InChI is InChI=1S/C46H47FN2/c1-7-10-13-29-25-31-21-23-49-43-39(31)37(26-29)45(5,6)41-38(47)19-18-36(40(41)43)46(8-2,9-3)44(49)35-27-48-22-20-30-14-11-12-15-32(30)42(48)34-24-28(4)16-17-33(34)35/h11-12,14-26,35,44H,7-10,13,27H2,1-6H3/q+2. The largest absolute Gasteiger partial charge is 0.221 e. The smallest absolute Gasteiger partial charge is 0.207 e. The van der Waals surface area contributed by atoms with Gasteiger partial charge < -0.3 is 0 Å². The summed E-state index contributed by atoms with van der Waals surface area (Å²) >= 11 is 0. The molecule has 2 unspecified atom stereocenters. The summed E-state index contributed by atoms with van der Waals surface area (Å²) in [4.78, 5) is 0. The van der Waals surface area contributed by atoms with Crippen molar-refractivity contribution in [3.05, 3.63) is 130 Å². The Bertz CT molecular complexity index is 2340. The summed E-state index contributed by atoms with van der Waals surface area (Å²) in [5.74, 6) is 0.142. The minimum Gasteiger partial charge on any atom is -0.207 e. The molecule has 0 radical (unpaired) electrons. The molecule has 3 heteroatoms. The summed E-state index contributed by atoms with van der Waals surface area (Å²) in [5, 5.41) is 5.19. The van der Waals surface area contributed by atoms with Crippen molar-refractivity contribution in [2.75, 3.05) is 0 Å². The van der Waals surface area contributed by atoms with Crippen LogP contribution in [-0.4, -0.2) is 0 Å². The predicted octanol–water partition coefficient (Wildman–Crippen LogP) is 10.7. The van der Waals surface area contributed by atoms with Gasteiger partial charge in [-0.1, -0.05) is 95.1 Å². The maximum Gasteiger partial charge on any atom is 0.221 e. The van der Waals surface area contributed by atoms with Crippen LogP contribution in [0.3, 0.4) is 0 Å². The number of pyridine rings is 2. The van der Waals surface area contributed by atoms with E-state index in [0.29, 0.717) is 0 Å². The Labute approximate surface area is 290 Å². The van der Waals surface area contributed by atoms with E-state index < -0.39 is 5.41 Å². The van der Waals surface area contributed by atoms with Crippen molar-refractivity contribution in [1.82, 2.24) is 0 Å². The molecule has 2 aliphatic heterocycles. The van der Waals surface area contributed by atoms with Gasteiger partial charge in [0.1, 0.15) is 11.7 Å². The molecule has 6 aromatic rings. The topological polar surface area (TPSA) is 7.76 Å². The molecule has 0 N–H and O–H groups in total. The highest BCUT2D eigenvalue weighted by Crippen LogP contribution is 2.59. The third-order valence-corrected chi connectivity index (χ3v) is 12.9. The van der Waals surface area contributed by atoms with E-state index in [4.69, 9.17) is 0 Å². The van der Waals surface area contributed by atoms with Crippen molar-refractivity contribution in [2.45, 2.75) is 103 Å². The molecule has 0 saturated heterocycles. The van der Waals surface area contributed by atoms with Crippen LogP contribution in [0.2, 0.25) is 0 Å². The first kappa shape index (κ1) is 30.7. The lowest BCUT2D eigenvalue weighted by Gasteiger charge is -2.47. The number of hydrogen-bond donors (Lipinski definition) is 0. The normalized spacial score (nSPS) is 19.2. The monoisotopic (exact) mass is 646 g/mol. The molecule has 0 bridgehead atoms. The zero-order valence-corrected chi connectivity index (χ0v) is 29.8. The maximum absolute atomic E-state index is 16.5. The SMILES string of the molecule is CCCCc1cc2c3c4[n+](ccc3c1)C(C1C[n+]3ccc5ccccc5c3-c3cc(C)ccc31)C(CC)(CC)c1ccc(F)c(c1-4)C2(C)C. The fraction of sp³-hybridized carbons (Fsp3) is 0.348. The summed E-state index contributed by atoms with van der Waals surface area (Å²) in [7, 11) is 0. The number of aryl methyl sites for hydroxylation is 2. The quantitative estimate of drug-likeness (QED) is 0.159. The van der Waals surface area contributed by atoms with Gasteiger partial charge in [0.05, 0.1) is 27.3 Å². The molecule has 2 atom stereocenters. The second kappa shape index (κ2) is 10.8. The number of fused-ring (bicyclic) bond motifs is 5. The number of hydrogen-bond acceptors (Lipinski definition) is 0. The average molecular weight is 647 g/mol. The second-order valence-electron chi connectivity index (χ2n) is 15.7. The van der Waals surface area contributed by atoms with E-state index in [-0.39, 0.29) is 23.2 Å². The van der Waals surface area contributed by atoms with E-state index in [1.54, 1.807) is 6.07 Å². The lowest BCUT2D eigenvalue weighted by atomic mass is 9.57. The summed E-state index contributed by atoms with van der Waals surface area (Å²) in [5.41, 5.74) is 12.0. The highest BCUT2D eigenvalue weighted by atomic mass is 19.1. The first-order valence-corrected chi connectivity index (χ1v) is 18.6. The Morgan fingerprint density at radius 2 is 1.61 bits per heavy atom. The molecule has 0 amide bonds. The van der Waals surface area contributed by atoms with Gasteiger partial charge in [0.25, 0.3) is 0 Å². The van der Waals surface area contributed by atoms with Gasteiger partial charge in [0.2, 0.25) is 11.4 Å². The maximum atomic E-state index is 16.5. The van der Waals surface area contributed by atoms with Crippen LogP contribution in [0, 0.1) is 12.7 Å². The molecule has 4 aromatic carbocycles. The molecule has 3 aliphatic rings. The summed E-state index contributed by atoms with van der Waals surface area (Å²) in [6.45, 7) is 14.6. The van der Waals surface area contributed by atoms with E-state index in [1.165, 1.54) is 66.3 Å². The molecule has 2 nitrogen and oxygen atoms in total. The molecule has 0 saturated carbocycles. The summed E-state index contributed by atoms with van der Waals surface area (Å²) in [6, 6.07) is 29.6. The van der Waals surface area contributed by atoms with Crippen LogP contribution in [0.1, 0.15) is 106 Å². The van der Waals surface area contributed by atoms with E-state index in [9.17, 15) is 0 Å². The predicted molar refractivity (Wildman–Crippen MR) is 199 cm³/mol. The first-order chi connectivity index (χ1) is 23.7. The fourth-order valence-electron chi connectivity index (χ4n) is 10.5. The number of aromatic nitrogens is 2. The van der Waals surface area contributed by atoms with Crippen LogP contribution in [0.4, 0.5) is 4.39 Å². The highest BCUT2D eigenvalue weighted by molar-refractivity contribution is 6.02. The van der Waals surface area contributed by atoms with Gasteiger partial charge in [0, 0.05) is 23.1 Å². The zero-order chi connectivity index (χ0) is 33.8. The van der Waals surface area contributed by atoms with Crippen LogP contribution in [-0.2, 0) is 23.8 Å². The van der Waals surface area contributed by atoms with Crippen molar-refractivity contribution >= 4 is 21.5 Å². The number of halogens is 1. The Kier molecular flexibility index (Phi) is 6.77. The van der Waals surface area contributed by atoms with Gasteiger partial charge in [-0.15, -0.1) is 0 Å². The van der Waals surface area contributed by atoms with Crippen LogP contribution in [0.15, 0.2) is 91.3 Å². The van der Waals surface area contributed by atoms with Crippen molar-refractivity contribution < 1.29 is 13.5 Å². The third-order valence-electron chi connectivity index (χ3n) is 12.9. The van der Waals surface area contributed by atoms with Crippen molar-refractivity contribution in [2.24, 2.45) is 0 Å². The Balaban J connectivity index is 1.38. The molecule has 0 fully saturated rings. The van der Waals surface area contributed by atoms with Gasteiger partial charge >= 0.3 is 0 Å². The van der Waals surface area contributed by atoms with Crippen molar-refractivity contribution in [3.8, 4) is 22.5 Å². The second-order valence-corrected chi connectivity index (χ2v) is 15.7. The van der Waals surface area contributed by atoms with Gasteiger partial charge in [-0.25, -0.2) is 4.39 Å². The zero-order valence-electron chi connectivity index (χ0n) is 29.8. The molecule has 49 heavy (non-hydrogen) atoms. The molecule has 2 aromatic heterocycles. The van der Waals surface area contributed by atoms with E-state index in [0.717, 1.165) is 49.8 Å². The van der Waals surface area contributed by atoms with Crippen molar-refractivity contribution in [1.29, 1.82) is 0 Å².